The lowest BCUT2D eigenvalue weighted by atomic mass is 10.0. The summed E-state index contributed by atoms with van der Waals surface area (Å²) in [5.41, 5.74) is 8.54. The molecular weight excluding hydrogens is 314 g/mol. The summed E-state index contributed by atoms with van der Waals surface area (Å²) >= 11 is 0. The first-order chi connectivity index (χ1) is 12.1. The van der Waals surface area contributed by atoms with Gasteiger partial charge in [0.1, 0.15) is 6.07 Å². The first kappa shape index (κ1) is 16.4. The molecule has 6 nitrogen and oxygen atoms in total. The number of nitrogens with two attached hydrogens (primary N) is 1. The minimum Gasteiger partial charge on any atom is -0.381 e. The summed E-state index contributed by atoms with van der Waals surface area (Å²) in [6.07, 6.45) is 2.59. The Morgan fingerprint density at radius 2 is 1.80 bits per heavy atom. The van der Waals surface area contributed by atoms with Crippen LogP contribution in [0.15, 0.2) is 53.5 Å². The van der Waals surface area contributed by atoms with Crippen LogP contribution in [0.1, 0.15) is 19.0 Å². The molecule has 0 unspecified atom stereocenters. The Morgan fingerprint density at radius 1 is 1.08 bits per heavy atom. The summed E-state index contributed by atoms with van der Waals surface area (Å²) in [4.78, 5) is 20.8. The number of nitrogen functional groups attached to an aromatic ring is 1. The number of benzene rings is 1. The minimum absolute atomic E-state index is 0.0722. The van der Waals surface area contributed by atoms with E-state index < -0.39 is 0 Å². The van der Waals surface area contributed by atoms with Gasteiger partial charge in [0.15, 0.2) is 11.5 Å². The van der Waals surface area contributed by atoms with E-state index in [4.69, 9.17) is 5.73 Å². The Bertz CT molecular complexity index is 1000. The van der Waals surface area contributed by atoms with Crippen LogP contribution >= 0.6 is 0 Å². The SMILES string of the molecule is CCCn1cc(-c2nc(C#N)c(N)nc2-c2ccccc2)ccc1=O. The number of aryl methyl sites for hydroxylation is 1. The van der Waals surface area contributed by atoms with Crippen LogP contribution in [0.3, 0.4) is 0 Å². The van der Waals surface area contributed by atoms with E-state index >= 15 is 0 Å². The average molecular weight is 331 g/mol. The molecule has 3 aromatic rings. The topological polar surface area (TPSA) is 97.6 Å². The normalized spacial score (nSPS) is 10.4. The predicted molar refractivity (Wildman–Crippen MR) is 96.6 cm³/mol. The van der Waals surface area contributed by atoms with Crippen LogP contribution in [-0.2, 0) is 6.54 Å². The maximum absolute atomic E-state index is 12.0. The second kappa shape index (κ2) is 6.97. The Morgan fingerprint density at radius 3 is 2.48 bits per heavy atom. The van der Waals surface area contributed by atoms with Gasteiger partial charge in [-0.15, -0.1) is 0 Å². The molecule has 0 saturated carbocycles. The summed E-state index contributed by atoms with van der Waals surface area (Å²) in [5.74, 6) is 0.0898. The van der Waals surface area contributed by atoms with Crippen molar-refractivity contribution in [1.29, 1.82) is 5.26 Å². The minimum atomic E-state index is -0.0734. The summed E-state index contributed by atoms with van der Waals surface area (Å²) in [6, 6.07) is 14.7. The summed E-state index contributed by atoms with van der Waals surface area (Å²) < 4.78 is 1.63. The van der Waals surface area contributed by atoms with E-state index in [2.05, 4.69) is 9.97 Å². The van der Waals surface area contributed by atoms with Gasteiger partial charge in [0.2, 0.25) is 0 Å². The lowest BCUT2D eigenvalue weighted by molar-refractivity contribution is 0.655. The molecule has 0 radical (unpaired) electrons. The number of aromatic nitrogens is 3. The molecule has 2 aromatic heterocycles. The highest BCUT2D eigenvalue weighted by molar-refractivity contribution is 5.79. The lowest BCUT2D eigenvalue weighted by Gasteiger charge is -2.12. The van der Waals surface area contributed by atoms with Gasteiger partial charge in [0.05, 0.1) is 11.4 Å². The van der Waals surface area contributed by atoms with Gasteiger partial charge in [-0.1, -0.05) is 37.3 Å². The molecule has 3 rings (SSSR count). The monoisotopic (exact) mass is 331 g/mol. The van der Waals surface area contributed by atoms with Crippen LogP contribution in [-0.4, -0.2) is 14.5 Å². The molecule has 0 bridgehead atoms. The highest BCUT2D eigenvalue weighted by Crippen LogP contribution is 2.30. The molecule has 1 aromatic carbocycles. The Hall–Kier alpha value is -3.46. The number of nitrogens with zero attached hydrogens (tertiary/aromatic N) is 4. The van der Waals surface area contributed by atoms with E-state index in [0.717, 1.165) is 17.5 Å². The molecule has 0 aliphatic heterocycles. The molecule has 6 heteroatoms. The van der Waals surface area contributed by atoms with Gasteiger partial charge in [-0.3, -0.25) is 4.79 Å². The van der Waals surface area contributed by atoms with E-state index in [1.807, 2.05) is 43.3 Å². The number of hydrogen-bond donors (Lipinski definition) is 1. The zero-order valence-corrected chi connectivity index (χ0v) is 13.8. The molecule has 2 N–H and O–H groups in total. The molecule has 0 aliphatic carbocycles. The van der Waals surface area contributed by atoms with Crippen molar-refractivity contribution >= 4 is 5.82 Å². The van der Waals surface area contributed by atoms with E-state index in [9.17, 15) is 10.1 Å². The molecule has 0 aliphatic rings. The second-order valence-electron chi connectivity index (χ2n) is 5.58. The fourth-order valence-corrected chi connectivity index (χ4v) is 2.62. The van der Waals surface area contributed by atoms with E-state index in [-0.39, 0.29) is 17.1 Å². The Kier molecular flexibility index (Phi) is 4.57. The predicted octanol–water partition coefficient (Wildman–Crippen LogP) is 2.84. The maximum Gasteiger partial charge on any atom is 0.250 e. The van der Waals surface area contributed by atoms with Crippen molar-refractivity contribution in [2.45, 2.75) is 19.9 Å². The van der Waals surface area contributed by atoms with Crippen molar-refractivity contribution in [2.75, 3.05) is 5.73 Å². The Labute approximate surface area is 145 Å². The van der Waals surface area contributed by atoms with Gasteiger partial charge in [0.25, 0.3) is 5.56 Å². The molecule has 0 saturated heterocycles. The first-order valence-electron chi connectivity index (χ1n) is 7.98. The van der Waals surface area contributed by atoms with Crippen molar-refractivity contribution in [3.63, 3.8) is 0 Å². The largest absolute Gasteiger partial charge is 0.381 e. The van der Waals surface area contributed by atoms with Crippen molar-refractivity contribution in [1.82, 2.24) is 14.5 Å². The summed E-state index contributed by atoms with van der Waals surface area (Å²) in [5, 5.41) is 9.25. The van der Waals surface area contributed by atoms with E-state index in [0.29, 0.717) is 17.9 Å². The van der Waals surface area contributed by atoms with Crippen LogP contribution in [0.4, 0.5) is 5.82 Å². The molecule has 0 atom stereocenters. The molecule has 0 fully saturated rings. The zero-order chi connectivity index (χ0) is 17.8. The van der Waals surface area contributed by atoms with Crippen LogP contribution in [0.5, 0.6) is 0 Å². The highest BCUT2D eigenvalue weighted by Gasteiger charge is 2.16. The van der Waals surface area contributed by atoms with Crippen LogP contribution in [0, 0.1) is 11.3 Å². The van der Waals surface area contributed by atoms with Crippen molar-refractivity contribution in [2.24, 2.45) is 0 Å². The molecule has 25 heavy (non-hydrogen) atoms. The molecular formula is C19H17N5O. The number of anilines is 1. The van der Waals surface area contributed by atoms with Gasteiger partial charge in [0, 0.05) is 29.9 Å². The van der Waals surface area contributed by atoms with E-state index in [1.165, 1.54) is 6.07 Å². The molecule has 0 amide bonds. The van der Waals surface area contributed by atoms with Crippen molar-refractivity contribution < 1.29 is 0 Å². The number of hydrogen-bond acceptors (Lipinski definition) is 5. The number of rotatable bonds is 4. The van der Waals surface area contributed by atoms with Gasteiger partial charge >= 0.3 is 0 Å². The van der Waals surface area contributed by atoms with Gasteiger partial charge in [-0.25, -0.2) is 9.97 Å². The van der Waals surface area contributed by atoms with Crippen molar-refractivity contribution in [3.8, 4) is 28.6 Å². The van der Waals surface area contributed by atoms with E-state index in [1.54, 1.807) is 16.8 Å². The van der Waals surface area contributed by atoms with Gasteiger partial charge in [-0.05, 0) is 12.5 Å². The summed E-state index contributed by atoms with van der Waals surface area (Å²) in [6.45, 7) is 2.62. The summed E-state index contributed by atoms with van der Waals surface area (Å²) in [7, 11) is 0. The van der Waals surface area contributed by atoms with Crippen LogP contribution in [0.25, 0.3) is 22.5 Å². The van der Waals surface area contributed by atoms with Gasteiger partial charge < -0.3 is 10.3 Å². The number of nitriles is 1. The molecule has 2 heterocycles. The first-order valence-corrected chi connectivity index (χ1v) is 7.98. The Balaban J connectivity index is 2.26. The number of pyridine rings is 1. The van der Waals surface area contributed by atoms with Crippen LogP contribution < -0.4 is 11.3 Å². The van der Waals surface area contributed by atoms with Gasteiger partial charge in [-0.2, -0.15) is 5.26 Å². The third kappa shape index (κ3) is 3.26. The third-order valence-electron chi connectivity index (χ3n) is 3.80. The van der Waals surface area contributed by atoms with Crippen LogP contribution in [0.2, 0.25) is 0 Å². The standard InChI is InChI=1S/C19H17N5O/c1-2-10-24-12-14(8-9-16(24)25)18-17(13-6-4-3-5-7-13)23-19(21)15(11-20)22-18/h3-9,12H,2,10H2,1H3,(H2,21,23). The lowest BCUT2D eigenvalue weighted by Crippen LogP contribution is -2.18. The quantitative estimate of drug-likeness (QED) is 0.792. The average Bonchev–Trinajstić information content (AvgIpc) is 2.64. The highest BCUT2D eigenvalue weighted by atomic mass is 16.1. The maximum atomic E-state index is 12.0. The fourth-order valence-electron chi connectivity index (χ4n) is 2.62. The zero-order valence-electron chi connectivity index (χ0n) is 13.8. The second-order valence-corrected chi connectivity index (χ2v) is 5.58. The smallest absolute Gasteiger partial charge is 0.250 e. The fraction of sp³-hybridized carbons (Fsp3) is 0.158. The third-order valence-corrected chi connectivity index (χ3v) is 3.80. The molecule has 124 valence electrons. The molecule has 0 spiro atoms. The van der Waals surface area contributed by atoms with Crippen molar-refractivity contribution in [3.05, 3.63) is 64.7 Å².